The fourth-order valence-electron chi connectivity index (χ4n) is 1.65. The number of aryl methyl sites for hydroxylation is 1. The molecule has 0 unspecified atom stereocenters. The minimum atomic E-state index is -0.933. The number of carboxylic acids is 1. The smallest absolute Gasteiger partial charge is 0.352 e. The van der Waals surface area contributed by atoms with Gasteiger partial charge >= 0.3 is 5.97 Å². The van der Waals surface area contributed by atoms with Gasteiger partial charge in [-0.05, 0) is 35.7 Å². The van der Waals surface area contributed by atoms with Gasteiger partial charge in [0.25, 0.3) is 0 Å². The Bertz CT molecular complexity index is 514. The maximum Gasteiger partial charge on any atom is 0.352 e. The maximum atomic E-state index is 10.7. The van der Waals surface area contributed by atoms with Gasteiger partial charge in [0.1, 0.15) is 5.69 Å². The van der Waals surface area contributed by atoms with Crippen LogP contribution in [-0.4, -0.2) is 16.1 Å². The van der Waals surface area contributed by atoms with E-state index >= 15 is 0 Å². The zero-order valence-electron chi connectivity index (χ0n) is 9.03. The van der Waals surface area contributed by atoms with Crippen molar-refractivity contribution in [3.05, 3.63) is 47.7 Å². The molecule has 0 bridgehead atoms. The van der Waals surface area contributed by atoms with E-state index in [0.717, 1.165) is 17.7 Å². The largest absolute Gasteiger partial charge is 0.477 e. The van der Waals surface area contributed by atoms with Crippen LogP contribution in [0.2, 0.25) is 0 Å². The highest BCUT2D eigenvalue weighted by atomic mass is 16.4. The Labute approximate surface area is 93.7 Å². The summed E-state index contributed by atoms with van der Waals surface area (Å²) in [6.07, 6.45) is 0.973. The Hall–Kier alpha value is -2.03. The highest BCUT2D eigenvalue weighted by Crippen LogP contribution is 2.20. The molecule has 1 aromatic carbocycles. The van der Waals surface area contributed by atoms with Crippen molar-refractivity contribution in [1.29, 1.82) is 0 Å². The molecule has 0 aliphatic rings. The molecule has 3 heteroatoms. The molecule has 0 fully saturated rings. The number of aromatic carboxylic acids is 1. The van der Waals surface area contributed by atoms with Crippen LogP contribution in [0, 0.1) is 0 Å². The van der Waals surface area contributed by atoms with Gasteiger partial charge in [-0.2, -0.15) is 0 Å². The normalized spacial score (nSPS) is 10.3. The Morgan fingerprint density at radius 3 is 2.75 bits per heavy atom. The molecule has 1 heterocycles. The Morgan fingerprint density at radius 2 is 2.12 bits per heavy atom. The van der Waals surface area contributed by atoms with E-state index in [-0.39, 0.29) is 5.69 Å². The van der Waals surface area contributed by atoms with Crippen LogP contribution in [0.3, 0.4) is 0 Å². The molecule has 0 spiro atoms. The minimum Gasteiger partial charge on any atom is -0.477 e. The van der Waals surface area contributed by atoms with Crippen molar-refractivity contribution in [2.45, 2.75) is 13.3 Å². The van der Waals surface area contributed by atoms with Gasteiger partial charge < -0.3 is 10.1 Å². The number of aromatic amines is 1. The number of hydrogen-bond donors (Lipinski definition) is 2. The zero-order valence-corrected chi connectivity index (χ0v) is 9.03. The molecule has 0 saturated carbocycles. The van der Waals surface area contributed by atoms with Crippen LogP contribution in [0.5, 0.6) is 0 Å². The highest BCUT2D eigenvalue weighted by Gasteiger charge is 2.06. The standard InChI is InChI=1S/C13H13NO2/c1-2-9-4-3-5-10(8-9)11-6-7-12(14-11)13(15)16/h3-8,14H,2H2,1H3,(H,15,16). The maximum absolute atomic E-state index is 10.7. The van der Waals surface area contributed by atoms with Gasteiger partial charge in [0.05, 0.1) is 0 Å². The number of aromatic nitrogens is 1. The Balaban J connectivity index is 2.38. The van der Waals surface area contributed by atoms with Crippen molar-refractivity contribution in [3.8, 4) is 11.3 Å². The van der Waals surface area contributed by atoms with Crippen molar-refractivity contribution >= 4 is 5.97 Å². The zero-order chi connectivity index (χ0) is 11.5. The summed E-state index contributed by atoms with van der Waals surface area (Å²) in [5.74, 6) is -0.933. The molecular formula is C13H13NO2. The van der Waals surface area contributed by atoms with Gasteiger partial charge in [0, 0.05) is 5.69 Å². The fraction of sp³-hybridized carbons (Fsp3) is 0.154. The molecule has 2 rings (SSSR count). The number of carboxylic acid groups (broad SMARTS) is 1. The van der Waals surface area contributed by atoms with E-state index < -0.39 is 5.97 Å². The molecule has 3 nitrogen and oxygen atoms in total. The number of hydrogen-bond acceptors (Lipinski definition) is 1. The fourth-order valence-corrected chi connectivity index (χ4v) is 1.65. The van der Waals surface area contributed by atoms with E-state index in [1.807, 2.05) is 12.1 Å². The van der Waals surface area contributed by atoms with Crippen molar-refractivity contribution in [2.75, 3.05) is 0 Å². The van der Waals surface area contributed by atoms with Crippen molar-refractivity contribution in [2.24, 2.45) is 0 Å². The number of benzene rings is 1. The number of rotatable bonds is 3. The van der Waals surface area contributed by atoms with Crippen LogP contribution in [0.15, 0.2) is 36.4 Å². The minimum absolute atomic E-state index is 0.219. The summed E-state index contributed by atoms with van der Waals surface area (Å²) in [6, 6.07) is 11.4. The van der Waals surface area contributed by atoms with Gasteiger partial charge in [-0.1, -0.05) is 25.1 Å². The van der Waals surface area contributed by atoms with Crippen molar-refractivity contribution < 1.29 is 9.90 Å². The van der Waals surface area contributed by atoms with Crippen LogP contribution in [-0.2, 0) is 6.42 Å². The predicted octanol–water partition coefficient (Wildman–Crippen LogP) is 2.94. The summed E-state index contributed by atoms with van der Waals surface area (Å²) in [4.78, 5) is 13.6. The predicted molar refractivity (Wildman–Crippen MR) is 62.6 cm³/mol. The first-order chi connectivity index (χ1) is 7.70. The number of nitrogens with one attached hydrogen (secondary N) is 1. The van der Waals surface area contributed by atoms with Crippen molar-refractivity contribution in [3.63, 3.8) is 0 Å². The van der Waals surface area contributed by atoms with E-state index in [4.69, 9.17) is 5.11 Å². The molecule has 2 N–H and O–H groups in total. The van der Waals surface area contributed by atoms with Gasteiger partial charge in [0.2, 0.25) is 0 Å². The summed E-state index contributed by atoms with van der Waals surface area (Å²) >= 11 is 0. The third kappa shape index (κ3) is 1.98. The van der Waals surface area contributed by atoms with Gasteiger partial charge in [-0.15, -0.1) is 0 Å². The molecule has 0 aliphatic heterocycles. The lowest BCUT2D eigenvalue weighted by molar-refractivity contribution is 0.0691. The summed E-state index contributed by atoms with van der Waals surface area (Å²) in [5, 5.41) is 8.81. The molecular weight excluding hydrogens is 202 g/mol. The number of carbonyl (C=O) groups is 1. The SMILES string of the molecule is CCc1cccc(-c2ccc(C(=O)O)[nH]2)c1. The average molecular weight is 215 g/mol. The first kappa shape index (κ1) is 10.5. The second-order valence-electron chi connectivity index (χ2n) is 3.64. The second kappa shape index (κ2) is 4.23. The van der Waals surface area contributed by atoms with Crippen LogP contribution in [0.1, 0.15) is 23.0 Å². The molecule has 0 amide bonds. The molecule has 0 atom stereocenters. The van der Waals surface area contributed by atoms with Gasteiger partial charge in [-0.25, -0.2) is 4.79 Å². The third-order valence-electron chi connectivity index (χ3n) is 2.56. The quantitative estimate of drug-likeness (QED) is 0.827. The molecule has 0 saturated heterocycles. The second-order valence-corrected chi connectivity index (χ2v) is 3.64. The van der Waals surface area contributed by atoms with Gasteiger partial charge in [-0.3, -0.25) is 0 Å². The highest BCUT2D eigenvalue weighted by molar-refractivity contribution is 5.86. The Morgan fingerprint density at radius 1 is 1.31 bits per heavy atom. The van der Waals surface area contributed by atoms with E-state index in [9.17, 15) is 4.79 Å². The van der Waals surface area contributed by atoms with Crippen LogP contribution >= 0.6 is 0 Å². The molecule has 2 aromatic rings. The van der Waals surface area contributed by atoms with Crippen LogP contribution in [0.25, 0.3) is 11.3 Å². The molecule has 0 aliphatic carbocycles. The molecule has 82 valence electrons. The lowest BCUT2D eigenvalue weighted by atomic mass is 10.1. The van der Waals surface area contributed by atoms with E-state index in [1.54, 1.807) is 12.1 Å². The third-order valence-corrected chi connectivity index (χ3v) is 2.56. The summed E-state index contributed by atoms with van der Waals surface area (Å²) in [6.45, 7) is 2.09. The summed E-state index contributed by atoms with van der Waals surface area (Å²) in [5.41, 5.74) is 3.32. The van der Waals surface area contributed by atoms with E-state index in [2.05, 4.69) is 24.0 Å². The topological polar surface area (TPSA) is 53.1 Å². The lowest BCUT2D eigenvalue weighted by Gasteiger charge is -2.01. The molecule has 0 radical (unpaired) electrons. The molecule has 16 heavy (non-hydrogen) atoms. The first-order valence-electron chi connectivity index (χ1n) is 5.22. The van der Waals surface area contributed by atoms with Crippen molar-refractivity contribution in [1.82, 2.24) is 4.98 Å². The van der Waals surface area contributed by atoms with Crippen LogP contribution in [0.4, 0.5) is 0 Å². The summed E-state index contributed by atoms with van der Waals surface area (Å²) < 4.78 is 0. The number of H-pyrrole nitrogens is 1. The van der Waals surface area contributed by atoms with Gasteiger partial charge in [0.15, 0.2) is 0 Å². The molecule has 1 aromatic heterocycles. The van der Waals surface area contributed by atoms with E-state index in [0.29, 0.717) is 0 Å². The van der Waals surface area contributed by atoms with E-state index in [1.165, 1.54) is 5.56 Å². The Kier molecular flexibility index (Phi) is 2.77. The monoisotopic (exact) mass is 215 g/mol. The lowest BCUT2D eigenvalue weighted by Crippen LogP contribution is -1.95. The van der Waals surface area contributed by atoms with Crippen LogP contribution < -0.4 is 0 Å². The average Bonchev–Trinajstić information content (AvgIpc) is 2.78. The first-order valence-corrected chi connectivity index (χ1v) is 5.22. The summed E-state index contributed by atoms with van der Waals surface area (Å²) in [7, 11) is 0.